The molecule has 0 atom stereocenters. The van der Waals surface area contributed by atoms with Crippen LogP contribution in [-0.2, 0) is 0 Å². The van der Waals surface area contributed by atoms with E-state index >= 15 is 0 Å². The summed E-state index contributed by atoms with van der Waals surface area (Å²) in [4.78, 5) is 16.1. The quantitative estimate of drug-likeness (QED) is 0.116. The molecule has 6 nitrogen and oxygen atoms in total. The second-order valence-corrected chi connectivity index (χ2v) is 38.5. The molecule has 0 saturated carbocycles. The van der Waals surface area contributed by atoms with Gasteiger partial charge in [0.15, 0.2) is 0 Å². The van der Waals surface area contributed by atoms with Gasteiger partial charge in [0, 0.05) is 143 Å². The Balaban J connectivity index is 0.000000107. The molecule has 0 spiro atoms. The fourth-order valence-electron chi connectivity index (χ4n) is 20.4. The molecule has 28 aromatic rings. The second-order valence-electron chi connectivity index (χ2n) is 35.2. The van der Waals surface area contributed by atoms with Crippen molar-refractivity contribution in [1.82, 2.24) is 28.7 Å². The Hall–Kier alpha value is -17.3. The normalized spacial score (nSPS) is 11.6. The van der Waals surface area contributed by atoms with E-state index in [2.05, 4.69) is 511 Å². The topological polar surface area (TPSA) is 53.5 Å². The van der Waals surface area contributed by atoms with E-state index in [0.717, 1.165) is 107 Å². The van der Waals surface area contributed by atoms with E-state index in [4.69, 9.17) is 15.0 Å². The Bertz CT molecular complexity index is 9570. The molecule has 9 heterocycles. The summed E-state index contributed by atoms with van der Waals surface area (Å²) in [6.07, 6.45) is 0. The van der Waals surface area contributed by atoms with Crippen LogP contribution >= 0.6 is 34.0 Å². The van der Waals surface area contributed by atoms with Gasteiger partial charge in [-0.2, -0.15) is 0 Å². The highest BCUT2D eigenvalue weighted by molar-refractivity contribution is 7.26. The first kappa shape index (κ1) is 81.5. The van der Waals surface area contributed by atoms with Crippen molar-refractivity contribution in [1.29, 1.82) is 0 Å². The summed E-state index contributed by atoms with van der Waals surface area (Å²) in [6, 6.07) is 179. The van der Waals surface area contributed by atoms with Crippen molar-refractivity contribution >= 4 is 160 Å². The lowest BCUT2D eigenvalue weighted by molar-refractivity contribution is 1.18. The Labute approximate surface area is 808 Å². The summed E-state index contributed by atoms with van der Waals surface area (Å²) in [7, 11) is 0. The molecule has 0 fully saturated rings. The number of para-hydroxylation sites is 6. The highest BCUT2D eigenvalue weighted by atomic mass is 32.1. The van der Waals surface area contributed by atoms with E-state index in [1.165, 1.54) is 148 Å². The molecular formula is C129H82N6S3. The second kappa shape index (κ2) is 34.6. The van der Waals surface area contributed by atoms with Gasteiger partial charge < -0.3 is 13.7 Å². The van der Waals surface area contributed by atoms with Gasteiger partial charge in [-0.1, -0.05) is 334 Å². The Kier molecular flexibility index (Phi) is 20.4. The zero-order valence-electron chi connectivity index (χ0n) is 74.8. The number of benzene rings is 19. The highest BCUT2D eigenvalue weighted by Gasteiger charge is 2.24. The third-order valence-electron chi connectivity index (χ3n) is 27.0. The summed E-state index contributed by atoms with van der Waals surface area (Å²) in [5, 5.41) is 15.1. The van der Waals surface area contributed by atoms with Gasteiger partial charge in [-0.05, 0) is 208 Å². The summed E-state index contributed by atoms with van der Waals surface area (Å²) < 4.78 is 14.9. The van der Waals surface area contributed by atoms with Crippen LogP contribution in [0, 0.1) is 0 Å². The van der Waals surface area contributed by atoms with E-state index in [0.29, 0.717) is 0 Å². The molecule has 0 radical (unpaired) electrons. The zero-order valence-corrected chi connectivity index (χ0v) is 77.2. The molecule has 0 N–H and O–H groups in total. The third-order valence-corrected chi connectivity index (χ3v) is 30.4. The van der Waals surface area contributed by atoms with Gasteiger partial charge in [-0.3, -0.25) is 0 Å². The molecule has 28 rings (SSSR count). The van der Waals surface area contributed by atoms with Gasteiger partial charge in [0.05, 0.1) is 67.3 Å². The van der Waals surface area contributed by atoms with Crippen LogP contribution in [0.25, 0.3) is 255 Å². The number of pyridine rings is 3. The predicted octanol–water partition coefficient (Wildman–Crippen LogP) is 36.3. The van der Waals surface area contributed by atoms with Gasteiger partial charge in [-0.15, -0.1) is 34.0 Å². The summed E-state index contributed by atoms with van der Waals surface area (Å²) in [5.74, 6) is 0. The first-order chi connectivity index (χ1) is 68.4. The van der Waals surface area contributed by atoms with Crippen LogP contribution in [0.5, 0.6) is 0 Å². The molecule has 0 amide bonds. The van der Waals surface area contributed by atoms with Gasteiger partial charge in [0.25, 0.3) is 0 Å². The van der Waals surface area contributed by atoms with Crippen molar-refractivity contribution in [2.45, 2.75) is 0 Å². The molecule has 9 heteroatoms. The van der Waals surface area contributed by atoms with Crippen LogP contribution in [0.2, 0.25) is 0 Å². The van der Waals surface area contributed by atoms with Crippen molar-refractivity contribution < 1.29 is 0 Å². The molecule has 646 valence electrons. The minimum absolute atomic E-state index is 0.952. The van der Waals surface area contributed by atoms with Crippen LogP contribution in [0.1, 0.15) is 0 Å². The number of nitrogens with zero attached hydrogens (tertiary/aromatic N) is 6. The number of rotatable bonds is 13. The predicted molar refractivity (Wildman–Crippen MR) is 589 cm³/mol. The van der Waals surface area contributed by atoms with Gasteiger partial charge in [-0.25, -0.2) is 15.0 Å². The third kappa shape index (κ3) is 14.8. The first-order valence-electron chi connectivity index (χ1n) is 46.7. The van der Waals surface area contributed by atoms with E-state index < -0.39 is 0 Å². The fourth-order valence-corrected chi connectivity index (χ4v) is 23.8. The number of hydrogen-bond acceptors (Lipinski definition) is 6. The van der Waals surface area contributed by atoms with Crippen LogP contribution in [-0.4, -0.2) is 28.7 Å². The molecule has 0 aliphatic rings. The van der Waals surface area contributed by atoms with Crippen molar-refractivity contribution in [3.8, 4) is 129 Å². The molecule has 0 unspecified atom stereocenters. The monoisotopic (exact) mass is 1810 g/mol. The molecule has 0 bridgehead atoms. The van der Waals surface area contributed by atoms with Crippen LogP contribution in [0.3, 0.4) is 0 Å². The lowest BCUT2D eigenvalue weighted by Gasteiger charge is -2.12. The van der Waals surface area contributed by atoms with Gasteiger partial charge in [0.1, 0.15) is 0 Å². The lowest BCUT2D eigenvalue weighted by atomic mass is 9.97. The van der Waals surface area contributed by atoms with Crippen molar-refractivity contribution in [3.05, 3.63) is 497 Å². The fraction of sp³-hybridized carbons (Fsp3) is 0. The average molecular weight is 1810 g/mol. The number of aromatic nitrogens is 6. The van der Waals surface area contributed by atoms with E-state index in [-0.39, 0.29) is 0 Å². The minimum atomic E-state index is 0.952. The SMILES string of the molecule is c1ccc(-c2cc(-c3ccc4sc5ccccc5c4c3)nc(-c3ccc4c(c3)c3ccccc3n4-c3ccccc3)c2)cc1.c1ccc(-c2cc(-c3ccc4sc5ccccc5c4c3)nc(-c3cccc4c3c3ccccc3n4-c3ccccc3)c2)cc1.c1ccc(-c2ccc(-c3cc(-c4ccc5c(c4)sc4ccccc45)nc(-c4ccc5c6ccccc6n(-c6ccccc6)c5c4)c3)cc2)cc1. The molecule has 9 aromatic heterocycles. The van der Waals surface area contributed by atoms with E-state index in [9.17, 15) is 0 Å². The summed E-state index contributed by atoms with van der Waals surface area (Å²) >= 11 is 5.53. The van der Waals surface area contributed by atoms with Crippen molar-refractivity contribution in [2.75, 3.05) is 0 Å². The number of hydrogen-bond donors (Lipinski definition) is 0. The molecule has 19 aromatic carbocycles. The first-order valence-corrected chi connectivity index (χ1v) is 49.2. The molecule has 0 aliphatic carbocycles. The number of fused-ring (bicyclic) bond motifs is 18. The Morgan fingerprint density at radius 1 is 0.138 bits per heavy atom. The number of thiophene rings is 3. The van der Waals surface area contributed by atoms with E-state index in [1.807, 2.05) is 34.0 Å². The maximum absolute atomic E-state index is 5.40. The Morgan fingerprint density at radius 2 is 0.413 bits per heavy atom. The van der Waals surface area contributed by atoms with Crippen LogP contribution < -0.4 is 0 Å². The lowest BCUT2D eigenvalue weighted by Crippen LogP contribution is -1.94. The zero-order chi connectivity index (χ0) is 91.1. The van der Waals surface area contributed by atoms with Crippen molar-refractivity contribution in [3.63, 3.8) is 0 Å². The maximum Gasteiger partial charge on any atom is 0.0722 e. The van der Waals surface area contributed by atoms with Crippen LogP contribution in [0.15, 0.2) is 497 Å². The summed E-state index contributed by atoms with van der Waals surface area (Å²) in [5.41, 5.74) is 32.5. The average Bonchev–Trinajstić information content (AvgIpc) is 1.61. The summed E-state index contributed by atoms with van der Waals surface area (Å²) in [6.45, 7) is 0. The highest BCUT2D eigenvalue weighted by Crippen LogP contribution is 2.47. The van der Waals surface area contributed by atoms with Crippen molar-refractivity contribution in [2.24, 2.45) is 0 Å². The minimum Gasteiger partial charge on any atom is -0.309 e. The molecule has 0 aliphatic heterocycles. The van der Waals surface area contributed by atoms with E-state index in [1.54, 1.807) is 0 Å². The maximum atomic E-state index is 5.40. The standard InChI is InChI=1S/C47H30N2S.2C41H26N2S/c1-3-11-31(12-4-1)32-19-21-33(22-20-32)36-27-42(48-43(28-36)35-24-26-41-40-16-8-10-18-46(40)50-47(41)30-35)34-23-25-39-38-15-7-9-17-44(38)49(45(39)29-34)37-13-5-2-6-14-37;1-3-12-27(13-4-1)29-25-35(28-22-23-40-34(24-28)31-16-8-10-21-39(31)44-40)42-36(26-29)32-18-11-20-38-41(32)33-17-7-9-19-37(33)43(38)30-14-5-2-6-15-30;1-3-11-27(12-4-1)30-25-36(42-37(26-30)29-20-22-41-35(24-29)33-16-8-10-18-40(33)44-41)28-19-21-39-34(23-28)32-15-7-9-17-38(32)43(39)31-13-5-2-6-14-31/h1-30H;2*1-26H. The Morgan fingerprint density at radius 3 is 0.899 bits per heavy atom. The van der Waals surface area contributed by atoms with Gasteiger partial charge >= 0.3 is 0 Å². The molecule has 138 heavy (non-hydrogen) atoms. The van der Waals surface area contributed by atoms with Crippen LogP contribution in [0.4, 0.5) is 0 Å². The smallest absolute Gasteiger partial charge is 0.0722 e. The van der Waals surface area contributed by atoms with Gasteiger partial charge in [0.2, 0.25) is 0 Å². The molecule has 0 saturated heterocycles. The molecular weight excluding hydrogens is 1730 g/mol. The largest absolute Gasteiger partial charge is 0.309 e.